The molecule has 0 spiro atoms. The van der Waals surface area contributed by atoms with Crippen molar-refractivity contribution in [2.24, 2.45) is 0 Å². The highest BCUT2D eigenvalue weighted by atomic mass is 32.1. The Balaban J connectivity index is 1.19. The third-order valence-corrected chi connectivity index (χ3v) is 7.40. The molecule has 1 aliphatic heterocycles. The smallest absolute Gasteiger partial charge is 0.315 e. The molecule has 6 rings (SSSR count). The fourth-order valence-corrected chi connectivity index (χ4v) is 5.41. The van der Waals surface area contributed by atoms with Gasteiger partial charge in [0.05, 0.1) is 23.4 Å². The van der Waals surface area contributed by atoms with Gasteiger partial charge in [-0.1, -0.05) is 5.16 Å². The van der Waals surface area contributed by atoms with E-state index in [1.807, 2.05) is 24.3 Å². The van der Waals surface area contributed by atoms with E-state index in [1.54, 1.807) is 6.92 Å². The van der Waals surface area contributed by atoms with Crippen molar-refractivity contribution in [1.29, 1.82) is 0 Å². The second kappa shape index (κ2) is 7.58. The number of carbonyl (C=O) groups is 2. The number of nitrogens with zero attached hydrogens (tertiary/aromatic N) is 2. The van der Waals surface area contributed by atoms with Gasteiger partial charge in [-0.15, -0.1) is 11.3 Å². The number of aromatic nitrogens is 2. The molecule has 1 unspecified atom stereocenters. The van der Waals surface area contributed by atoms with Gasteiger partial charge in [-0.2, -0.15) is 0 Å². The van der Waals surface area contributed by atoms with Gasteiger partial charge in [-0.3, -0.25) is 9.59 Å². The van der Waals surface area contributed by atoms with Crippen molar-refractivity contribution in [3.63, 3.8) is 0 Å². The van der Waals surface area contributed by atoms with E-state index in [0.717, 1.165) is 22.6 Å². The zero-order valence-electron chi connectivity index (χ0n) is 17.9. The van der Waals surface area contributed by atoms with Crippen LogP contribution in [0.1, 0.15) is 48.4 Å². The van der Waals surface area contributed by atoms with E-state index in [1.165, 1.54) is 11.3 Å². The van der Waals surface area contributed by atoms with Crippen LogP contribution in [0.4, 0.5) is 5.13 Å². The summed E-state index contributed by atoms with van der Waals surface area (Å²) in [5.41, 5.74) is 1.40. The van der Waals surface area contributed by atoms with Crippen LogP contribution in [0, 0.1) is 0 Å². The lowest BCUT2D eigenvalue weighted by atomic mass is 10.0. The molecule has 2 aromatic heterocycles. The van der Waals surface area contributed by atoms with Gasteiger partial charge in [0.2, 0.25) is 12.7 Å². The van der Waals surface area contributed by atoms with Crippen LogP contribution in [0.2, 0.25) is 0 Å². The van der Waals surface area contributed by atoms with Crippen LogP contribution in [0.25, 0.3) is 11.3 Å². The summed E-state index contributed by atoms with van der Waals surface area (Å²) >= 11 is 1.42. The molecule has 1 atom stereocenters. The summed E-state index contributed by atoms with van der Waals surface area (Å²) in [6, 6.07) is 7.34. The number of nitrogens with one attached hydrogen (secondary N) is 1. The minimum atomic E-state index is -0.727. The largest absolute Gasteiger partial charge is 0.465 e. The minimum Gasteiger partial charge on any atom is -0.465 e. The summed E-state index contributed by atoms with van der Waals surface area (Å²) in [6.45, 7) is 2.33. The van der Waals surface area contributed by atoms with Crippen molar-refractivity contribution in [3.8, 4) is 22.8 Å². The molecular weight excluding hydrogens is 446 g/mol. The first-order chi connectivity index (χ1) is 16.1. The molecule has 3 aromatic rings. The van der Waals surface area contributed by atoms with Crippen LogP contribution in [0.15, 0.2) is 28.8 Å². The minimum absolute atomic E-state index is 0.159. The molecular formula is C23H21N3O6S. The summed E-state index contributed by atoms with van der Waals surface area (Å²) < 4.78 is 21.5. The first-order valence-corrected chi connectivity index (χ1v) is 11.7. The molecule has 2 aliphatic carbocycles. The lowest BCUT2D eigenvalue weighted by Crippen LogP contribution is -2.28. The first kappa shape index (κ1) is 20.2. The van der Waals surface area contributed by atoms with Crippen molar-refractivity contribution < 1.29 is 28.3 Å². The number of benzene rings is 1. The molecule has 1 amide bonds. The number of anilines is 1. The van der Waals surface area contributed by atoms with Gasteiger partial charge in [-0.25, -0.2) is 4.98 Å². The number of hydrogen-bond acceptors (Lipinski definition) is 9. The standard InChI is InChI=1S/C23H21N3O6S/c1-2-29-20(27)13-4-6-17-19(13)24-22(33-17)25-21(28)23(7-8-23)18-10-15(32-26-18)12-3-5-14-16(9-12)31-11-30-14/h3,5,9-10,13H,2,4,6-8,11H2,1H3,(H,24,25,28). The summed E-state index contributed by atoms with van der Waals surface area (Å²) in [7, 11) is 0. The zero-order chi connectivity index (χ0) is 22.6. The molecule has 1 aromatic carbocycles. The highest BCUT2D eigenvalue weighted by molar-refractivity contribution is 7.16. The van der Waals surface area contributed by atoms with E-state index >= 15 is 0 Å². The molecule has 33 heavy (non-hydrogen) atoms. The average molecular weight is 468 g/mol. The predicted molar refractivity (Wildman–Crippen MR) is 117 cm³/mol. The summed E-state index contributed by atoms with van der Waals surface area (Å²) in [6.07, 6.45) is 2.83. The van der Waals surface area contributed by atoms with E-state index in [4.69, 9.17) is 18.7 Å². The van der Waals surface area contributed by atoms with Gasteiger partial charge >= 0.3 is 5.97 Å². The van der Waals surface area contributed by atoms with Crippen LogP contribution in [0.5, 0.6) is 11.5 Å². The number of ether oxygens (including phenoxy) is 3. The van der Waals surface area contributed by atoms with E-state index in [0.29, 0.717) is 54.0 Å². The van der Waals surface area contributed by atoms with E-state index < -0.39 is 5.41 Å². The van der Waals surface area contributed by atoms with Gasteiger partial charge in [0.15, 0.2) is 22.4 Å². The highest BCUT2D eigenvalue weighted by Crippen LogP contribution is 2.50. The molecule has 3 heterocycles. The van der Waals surface area contributed by atoms with Crippen molar-refractivity contribution in [2.45, 2.75) is 43.9 Å². The highest BCUT2D eigenvalue weighted by Gasteiger charge is 2.54. The van der Waals surface area contributed by atoms with Crippen molar-refractivity contribution in [1.82, 2.24) is 10.1 Å². The van der Waals surface area contributed by atoms with Gasteiger partial charge in [-0.05, 0) is 50.8 Å². The molecule has 0 bridgehead atoms. The number of aryl methyl sites for hydroxylation is 1. The zero-order valence-corrected chi connectivity index (χ0v) is 18.7. The Morgan fingerprint density at radius 3 is 2.91 bits per heavy atom. The van der Waals surface area contributed by atoms with Crippen molar-refractivity contribution >= 4 is 28.3 Å². The SMILES string of the molecule is CCOC(=O)C1CCc2sc(NC(=O)C3(c4cc(-c5ccc6c(c5)OCO6)on4)CC3)nc21. The second-order valence-electron chi connectivity index (χ2n) is 8.35. The Hall–Kier alpha value is -3.40. The Morgan fingerprint density at radius 1 is 1.24 bits per heavy atom. The second-order valence-corrected chi connectivity index (χ2v) is 9.44. The summed E-state index contributed by atoms with van der Waals surface area (Å²) in [4.78, 5) is 31.0. The lowest BCUT2D eigenvalue weighted by molar-refractivity contribution is -0.145. The molecule has 0 saturated heterocycles. The third-order valence-electron chi connectivity index (χ3n) is 6.35. The fraction of sp³-hybridized carbons (Fsp3) is 0.391. The maximum absolute atomic E-state index is 13.2. The molecule has 0 radical (unpaired) electrons. The maximum atomic E-state index is 13.2. The van der Waals surface area contributed by atoms with Crippen LogP contribution in [-0.2, 0) is 26.2 Å². The van der Waals surface area contributed by atoms with Crippen molar-refractivity contribution in [2.75, 3.05) is 18.7 Å². The third kappa shape index (κ3) is 3.36. The maximum Gasteiger partial charge on any atom is 0.315 e. The fourth-order valence-electron chi connectivity index (χ4n) is 4.38. The first-order valence-electron chi connectivity index (χ1n) is 10.9. The predicted octanol–water partition coefficient (Wildman–Crippen LogP) is 3.79. The number of rotatable bonds is 6. The Kier molecular flexibility index (Phi) is 4.65. The van der Waals surface area contributed by atoms with E-state index in [2.05, 4.69) is 15.5 Å². The molecule has 3 aliphatic rings. The number of esters is 1. The number of amides is 1. The topological polar surface area (TPSA) is 113 Å². The molecule has 170 valence electrons. The van der Waals surface area contributed by atoms with Crippen LogP contribution in [0.3, 0.4) is 0 Å². The van der Waals surface area contributed by atoms with Gasteiger partial charge in [0.25, 0.3) is 0 Å². The lowest BCUT2D eigenvalue weighted by Gasteiger charge is -2.11. The average Bonchev–Trinajstić information content (AvgIpc) is 3.22. The van der Waals surface area contributed by atoms with E-state index in [-0.39, 0.29) is 24.6 Å². The van der Waals surface area contributed by atoms with Crippen molar-refractivity contribution in [3.05, 3.63) is 40.5 Å². The van der Waals surface area contributed by atoms with Gasteiger partial charge in [0.1, 0.15) is 5.92 Å². The normalized spacial score (nSPS) is 19.2. The Labute approximate surface area is 193 Å². The number of carbonyl (C=O) groups excluding carboxylic acids is 2. The quantitative estimate of drug-likeness (QED) is 0.545. The number of hydrogen-bond donors (Lipinski definition) is 1. The molecule has 1 saturated carbocycles. The molecule has 10 heteroatoms. The number of thiazole rings is 1. The van der Waals surface area contributed by atoms with Crippen LogP contribution in [-0.4, -0.2) is 35.4 Å². The molecule has 1 N–H and O–H groups in total. The molecule has 1 fully saturated rings. The van der Waals surface area contributed by atoms with Gasteiger partial charge < -0.3 is 24.1 Å². The Morgan fingerprint density at radius 2 is 2.09 bits per heavy atom. The summed E-state index contributed by atoms with van der Waals surface area (Å²) in [5, 5.41) is 7.65. The van der Waals surface area contributed by atoms with Crippen LogP contribution < -0.4 is 14.8 Å². The Bertz CT molecular complexity index is 1260. The molecule has 9 nitrogen and oxygen atoms in total. The monoisotopic (exact) mass is 467 g/mol. The summed E-state index contributed by atoms with van der Waals surface area (Å²) in [5.74, 6) is 1.15. The number of fused-ring (bicyclic) bond motifs is 2. The van der Waals surface area contributed by atoms with Crippen LogP contribution >= 0.6 is 11.3 Å². The van der Waals surface area contributed by atoms with E-state index in [9.17, 15) is 9.59 Å². The van der Waals surface area contributed by atoms with Gasteiger partial charge in [0, 0.05) is 16.5 Å².